The number of halogens is 1. The Morgan fingerprint density at radius 2 is 1.79 bits per heavy atom. The maximum absolute atomic E-state index is 15.4. The van der Waals surface area contributed by atoms with Gasteiger partial charge < -0.3 is 24.4 Å². The van der Waals surface area contributed by atoms with E-state index >= 15 is 4.39 Å². The van der Waals surface area contributed by atoms with Crippen molar-refractivity contribution in [2.75, 3.05) is 25.2 Å². The Labute approximate surface area is 278 Å². The van der Waals surface area contributed by atoms with Crippen LogP contribution in [0.3, 0.4) is 0 Å². The quantitative estimate of drug-likeness (QED) is 0.216. The zero-order valence-electron chi connectivity index (χ0n) is 28.5. The second-order valence-corrected chi connectivity index (χ2v) is 12.7. The second kappa shape index (κ2) is 15.0. The zero-order valence-corrected chi connectivity index (χ0v) is 28.5. The number of fused-ring (bicyclic) bond motifs is 2. The number of hydrogen-bond acceptors (Lipinski definition) is 10. The lowest BCUT2D eigenvalue weighted by atomic mass is 9.98. The number of amides is 1. The van der Waals surface area contributed by atoms with E-state index < -0.39 is 41.1 Å². The molecule has 1 aliphatic rings. The highest BCUT2D eigenvalue weighted by molar-refractivity contribution is 5.97. The predicted octanol–water partition coefficient (Wildman–Crippen LogP) is 4.52. The van der Waals surface area contributed by atoms with Crippen molar-refractivity contribution >= 4 is 40.4 Å². The number of carbonyl (C=O) groups excluding carboxylic acids is 4. The SMILES string of the molecule is CCOC(=O)CC[C@H](NC(=O)c1ccc(N(C)C2CCc3cc4nc(C)n(COC(=O)C(C)(C)C)c(=O)c4cc32)cc1F)C(=O)OCC. The molecule has 1 aliphatic carbocycles. The van der Waals surface area contributed by atoms with Gasteiger partial charge in [0.1, 0.15) is 17.7 Å². The lowest BCUT2D eigenvalue weighted by molar-refractivity contribution is -0.157. The molecule has 1 aromatic heterocycles. The summed E-state index contributed by atoms with van der Waals surface area (Å²) in [6.07, 6.45) is 1.22. The zero-order chi connectivity index (χ0) is 35.3. The van der Waals surface area contributed by atoms with E-state index in [0.717, 1.165) is 17.5 Å². The minimum absolute atomic E-state index is 0.0656. The van der Waals surface area contributed by atoms with Gasteiger partial charge in [-0.05, 0) is 102 Å². The topological polar surface area (TPSA) is 146 Å². The van der Waals surface area contributed by atoms with Crippen LogP contribution < -0.4 is 15.8 Å². The monoisotopic (exact) mass is 666 g/mol. The molecule has 1 amide bonds. The molecule has 0 saturated heterocycles. The van der Waals surface area contributed by atoms with Crippen LogP contribution in [0.25, 0.3) is 10.9 Å². The van der Waals surface area contributed by atoms with Crippen molar-refractivity contribution in [3.8, 4) is 0 Å². The molecule has 2 atom stereocenters. The largest absolute Gasteiger partial charge is 0.466 e. The van der Waals surface area contributed by atoms with Crippen molar-refractivity contribution in [3.05, 3.63) is 69.0 Å². The average Bonchev–Trinajstić information content (AvgIpc) is 3.43. The smallest absolute Gasteiger partial charge is 0.328 e. The first-order valence-electron chi connectivity index (χ1n) is 16.0. The maximum atomic E-state index is 15.4. The van der Waals surface area contributed by atoms with Crippen molar-refractivity contribution in [2.45, 2.75) is 86.0 Å². The molecular formula is C35H43FN4O8. The molecule has 258 valence electrons. The number of rotatable bonds is 12. The number of ether oxygens (including phenoxy) is 3. The molecule has 0 saturated carbocycles. The Balaban J connectivity index is 1.55. The Bertz CT molecular complexity index is 1780. The predicted molar refractivity (Wildman–Crippen MR) is 176 cm³/mol. The van der Waals surface area contributed by atoms with E-state index in [0.29, 0.717) is 28.8 Å². The summed E-state index contributed by atoms with van der Waals surface area (Å²) in [6, 6.07) is 6.52. The number of benzene rings is 2. The highest BCUT2D eigenvalue weighted by Gasteiger charge is 2.30. The molecule has 0 bridgehead atoms. The molecule has 0 spiro atoms. The van der Waals surface area contributed by atoms with Gasteiger partial charge in [0.15, 0.2) is 6.73 Å². The summed E-state index contributed by atoms with van der Waals surface area (Å²) in [5.74, 6) is -2.90. The third kappa shape index (κ3) is 8.00. The molecule has 1 unspecified atom stereocenters. The molecule has 0 radical (unpaired) electrons. The number of anilines is 1. The number of aryl methyl sites for hydroxylation is 2. The Kier molecular flexibility index (Phi) is 11.2. The summed E-state index contributed by atoms with van der Waals surface area (Å²) in [5.41, 5.74) is 1.63. The minimum atomic E-state index is -1.16. The maximum Gasteiger partial charge on any atom is 0.328 e. The fourth-order valence-electron chi connectivity index (χ4n) is 5.62. The summed E-state index contributed by atoms with van der Waals surface area (Å²) in [6.45, 7) is 10.1. The Hall–Kier alpha value is -4.81. The second-order valence-electron chi connectivity index (χ2n) is 12.7. The number of nitrogens with one attached hydrogen (secondary N) is 1. The van der Waals surface area contributed by atoms with Crippen molar-refractivity contribution in [3.63, 3.8) is 0 Å². The van der Waals surface area contributed by atoms with Gasteiger partial charge in [0, 0.05) is 19.2 Å². The molecule has 13 heteroatoms. The highest BCUT2D eigenvalue weighted by Crippen LogP contribution is 2.39. The fourth-order valence-corrected chi connectivity index (χ4v) is 5.62. The van der Waals surface area contributed by atoms with Crippen LogP contribution in [-0.4, -0.2) is 59.7 Å². The number of carbonyl (C=O) groups is 4. The summed E-state index contributed by atoms with van der Waals surface area (Å²) in [7, 11) is 1.81. The van der Waals surface area contributed by atoms with Crippen LogP contribution in [0.1, 0.15) is 87.2 Å². The van der Waals surface area contributed by atoms with Gasteiger partial charge in [-0.15, -0.1) is 0 Å². The van der Waals surface area contributed by atoms with Gasteiger partial charge in [-0.2, -0.15) is 0 Å². The number of aromatic nitrogens is 2. The fraction of sp³-hybridized carbons (Fsp3) is 0.486. The van der Waals surface area contributed by atoms with E-state index in [1.165, 1.54) is 16.7 Å². The molecule has 4 rings (SSSR count). The molecule has 2 aromatic carbocycles. The first-order valence-corrected chi connectivity index (χ1v) is 16.0. The standard InChI is InChI=1S/C35H43FN4O8/c1-8-46-30(41)15-13-27(33(44)47-9-2)38-31(42)23-12-11-22(17-26(23)36)39(7)29-14-10-21-16-28-25(18-24(21)29)32(43)40(20(3)37-28)19-48-34(45)35(4,5)6/h11-12,16-18,27,29H,8-10,13-15,19H2,1-7H3,(H,38,42)/t27-,29?/m0/s1. The van der Waals surface area contributed by atoms with Gasteiger partial charge in [-0.25, -0.2) is 14.2 Å². The summed E-state index contributed by atoms with van der Waals surface area (Å²) in [4.78, 5) is 69.7. The third-order valence-corrected chi connectivity index (χ3v) is 8.28. The van der Waals surface area contributed by atoms with Crippen LogP contribution in [-0.2, 0) is 41.7 Å². The van der Waals surface area contributed by atoms with Crippen LogP contribution in [0.15, 0.2) is 35.1 Å². The van der Waals surface area contributed by atoms with Gasteiger partial charge in [0.2, 0.25) is 0 Å². The number of hydrogen-bond donors (Lipinski definition) is 1. The third-order valence-electron chi connectivity index (χ3n) is 8.28. The van der Waals surface area contributed by atoms with E-state index in [2.05, 4.69) is 10.3 Å². The molecular weight excluding hydrogens is 623 g/mol. The van der Waals surface area contributed by atoms with Gasteiger partial charge in [-0.1, -0.05) is 0 Å². The molecule has 0 aliphatic heterocycles. The molecule has 0 fully saturated rings. The lowest BCUT2D eigenvalue weighted by Gasteiger charge is -2.28. The van der Waals surface area contributed by atoms with Crippen molar-refractivity contribution in [1.29, 1.82) is 0 Å². The summed E-state index contributed by atoms with van der Waals surface area (Å²) < 4.78 is 32.1. The molecule has 12 nitrogen and oxygen atoms in total. The molecule has 48 heavy (non-hydrogen) atoms. The normalized spacial score (nSPS) is 14.6. The number of esters is 3. The van der Waals surface area contributed by atoms with Gasteiger partial charge in [0.25, 0.3) is 11.5 Å². The summed E-state index contributed by atoms with van der Waals surface area (Å²) >= 11 is 0. The van der Waals surface area contributed by atoms with E-state index in [1.807, 2.05) is 18.0 Å². The van der Waals surface area contributed by atoms with Crippen molar-refractivity contribution in [1.82, 2.24) is 14.9 Å². The van der Waals surface area contributed by atoms with Crippen LogP contribution in [0.5, 0.6) is 0 Å². The minimum Gasteiger partial charge on any atom is -0.466 e. The van der Waals surface area contributed by atoms with E-state index in [1.54, 1.807) is 53.7 Å². The van der Waals surface area contributed by atoms with Gasteiger partial charge in [0.05, 0.1) is 41.1 Å². The first-order chi connectivity index (χ1) is 22.7. The van der Waals surface area contributed by atoms with Crippen LogP contribution >= 0.6 is 0 Å². The van der Waals surface area contributed by atoms with Crippen LogP contribution in [0.4, 0.5) is 10.1 Å². The van der Waals surface area contributed by atoms with Gasteiger partial charge >= 0.3 is 17.9 Å². The molecule has 3 aromatic rings. The highest BCUT2D eigenvalue weighted by atomic mass is 19.1. The lowest BCUT2D eigenvalue weighted by Crippen LogP contribution is -2.42. The molecule has 1 heterocycles. The van der Waals surface area contributed by atoms with Crippen LogP contribution in [0, 0.1) is 18.2 Å². The Morgan fingerprint density at radius 3 is 2.44 bits per heavy atom. The number of nitrogens with zero attached hydrogens (tertiary/aromatic N) is 3. The molecule has 1 N–H and O–H groups in total. The van der Waals surface area contributed by atoms with E-state index in [-0.39, 0.29) is 50.0 Å². The van der Waals surface area contributed by atoms with Crippen molar-refractivity contribution < 1.29 is 37.8 Å². The van der Waals surface area contributed by atoms with E-state index in [9.17, 15) is 24.0 Å². The first kappa shape index (κ1) is 36.0. The van der Waals surface area contributed by atoms with Crippen molar-refractivity contribution in [2.24, 2.45) is 5.41 Å². The van der Waals surface area contributed by atoms with E-state index in [4.69, 9.17) is 14.2 Å². The summed E-state index contributed by atoms with van der Waals surface area (Å²) in [5, 5.41) is 2.86. The Morgan fingerprint density at radius 1 is 1.08 bits per heavy atom. The average molecular weight is 667 g/mol. The van der Waals surface area contributed by atoms with Crippen LogP contribution in [0.2, 0.25) is 0 Å². The van der Waals surface area contributed by atoms with Gasteiger partial charge in [-0.3, -0.25) is 23.7 Å².